The molecule has 0 radical (unpaired) electrons. The van der Waals surface area contributed by atoms with E-state index in [9.17, 15) is 4.79 Å². The van der Waals surface area contributed by atoms with Gasteiger partial charge in [0.15, 0.2) is 0 Å². The van der Waals surface area contributed by atoms with E-state index in [2.05, 4.69) is 69.8 Å². The molecule has 3 rings (SSSR count). The lowest BCUT2D eigenvalue weighted by Crippen LogP contribution is -2.38. The first-order valence-corrected chi connectivity index (χ1v) is 8.67. The van der Waals surface area contributed by atoms with E-state index in [0.29, 0.717) is 5.92 Å². The quantitative estimate of drug-likeness (QED) is 0.824. The Bertz CT molecular complexity index is 614. The van der Waals surface area contributed by atoms with Gasteiger partial charge in [-0.05, 0) is 36.3 Å². The van der Waals surface area contributed by atoms with Crippen molar-refractivity contribution < 1.29 is 4.79 Å². The first-order chi connectivity index (χ1) is 10.7. The summed E-state index contributed by atoms with van der Waals surface area (Å²) in [6.07, 6.45) is 2.71. The fourth-order valence-electron chi connectivity index (χ4n) is 3.18. The zero-order valence-electron chi connectivity index (χ0n) is 12.4. The summed E-state index contributed by atoms with van der Waals surface area (Å²) in [7, 11) is 0. The number of carbonyl (C=O) groups is 1. The smallest absolute Gasteiger partial charge is 0.234 e. The second kappa shape index (κ2) is 7.10. The van der Waals surface area contributed by atoms with Crippen LogP contribution in [0.25, 0.3) is 0 Å². The zero-order chi connectivity index (χ0) is 15.4. The first kappa shape index (κ1) is 15.3. The van der Waals surface area contributed by atoms with Crippen LogP contribution in [0.4, 0.5) is 0 Å². The molecule has 0 spiro atoms. The van der Waals surface area contributed by atoms with Crippen molar-refractivity contribution in [1.29, 1.82) is 0 Å². The molecule has 22 heavy (non-hydrogen) atoms. The van der Waals surface area contributed by atoms with Crippen molar-refractivity contribution in [3.05, 3.63) is 71.8 Å². The van der Waals surface area contributed by atoms with Gasteiger partial charge in [-0.25, -0.2) is 0 Å². The van der Waals surface area contributed by atoms with E-state index in [-0.39, 0.29) is 16.8 Å². The molecule has 3 unspecified atom stereocenters. The van der Waals surface area contributed by atoms with Crippen LogP contribution in [0, 0.1) is 0 Å². The molecule has 1 aliphatic heterocycles. The third-order valence-electron chi connectivity index (χ3n) is 4.29. The van der Waals surface area contributed by atoms with Gasteiger partial charge in [-0.15, -0.1) is 0 Å². The van der Waals surface area contributed by atoms with E-state index < -0.39 is 0 Å². The number of hydrogen-bond acceptors (Lipinski definition) is 1. The summed E-state index contributed by atoms with van der Waals surface area (Å²) in [5, 5.41) is 3.19. The minimum atomic E-state index is -0.113. The minimum absolute atomic E-state index is 0.111. The van der Waals surface area contributed by atoms with Crippen molar-refractivity contribution in [1.82, 2.24) is 5.32 Å². The summed E-state index contributed by atoms with van der Waals surface area (Å²) in [4.78, 5) is 12.1. The van der Waals surface area contributed by atoms with Gasteiger partial charge in [-0.1, -0.05) is 76.6 Å². The Morgan fingerprint density at radius 3 is 2.27 bits per heavy atom. The highest BCUT2D eigenvalue weighted by Gasteiger charge is 2.30. The Hall–Kier alpha value is -1.61. The van der Waals surface area contributed by atoms with Gasteiger partial charge >= 0.3 is 0 Å². The summed E-state index contributed by atoms with van der Waals surface area (Å²) in [6.45, 7) is 0. The van der Waals surface area contributed by atoms with Crippen LogP contribution in [0.1, 0.15) is 29.9 Å². The zero-order valence-corrected chi connectivity index (χ0v) is 14.0. The van der Waals surface area contributed by atoms with Gasteiger partial charge in [0.05, 0.1) is 4.83 Å². The van der Waals surface area contributed by atoms with Crippen LogP contribution in [-0.2, 0) is 11.2 Å². The van der Waals surface area contributed by atoms with E-state index in [0.717, 1.165) is 19.3 Å². The lowest BCUT2D eigenvalue weighted by Gasteiger charge is -2.21. The molecule has 3 heteroatoms. The van der Waals surface area contributed by atoms with Crippen LogP contribution >= 0.6 is 15.9 Å². The van der Waals surface area contributed by atoms with Gasteiger partial charge in [0.1, 0.15) is 0 Å². The lowest BCUT2D eigenvalue weighted by atomic mass is 9.88. The molecule has 0 aromatic heterocycles. The molecular formula is C19H20BrNO. The monoisotopic (exact) mass is 357 g/mol. The number of amides is 1. The second-order valence-corrected chi connectivity index (χ2v) is 7.05. The number of hydrogen-bond donors (Lipinski definition) is 1. The van der Waals surface area contributed by atoms with Gasteiger partial charge < -0.3 is 5.32 Å². The Labute approximate surface area is 140 Å². The summed E-state index contributed by atoms with van der Waals surface area (Å²) >= 11 is 3.54. The summed E-state index contributed by atoms with van der Waals surface area (Å²) in [5.41, 5.74) is 2.59. The van der Waals surface area contributed by atoms with Crippen molar-refractivity contribution in [2.75, 3.05) is 0 Å². The molecule has 1 amide bonds. The number of alkyl halides is 1. The van der Waals surface area contributed by atoms with Crippen LogP contribution in [-0.4, -0.2) is 16.8 Å². The second-order valence-electron chi connectivity index (χ2n) is 5.94. The fraction of sp³-hybridized carbons (Fsp3) is 0.316. The predicted octanol–water partition coefficient (Wildman–Crippen LogP) is 4.06. The van der Waals surface area contributed by atoms with Crippen molar-refractivity contribution >= 4 is 21.8 Å². The van der Waals surface area contributed by atoms with Gasteiger partial charge in [0.25, 0.3) is 0 Å². The maximum atomic E-state index is 12.2. The summed E-state index contributed by atoms with van der Waals surface area (Å²) < 4.78 is 0. The molecule has 2 aromatic rings. The van der Waals surface area contributed by atoms with Crippen LogP contribution in [0.15, 0.2) is 60.7 Å². The molecule has 1 heterocycles. The molecule has 1 N–H and O–H groups in total. The van der Waals surface area contributed by atoms with Crippen LogP contribution in [0.2, 0.25) is 0 Å². The van der Waals surface area contributed by atoms with E-state index in [1.165, 1.54) is 11.1 Å². The number of halogens is 1. The lowest BCUT2D eigenvalue weighted by molar-refractivity contribution is -0.120. The number of benzene rings is 2. The standard InChI is InChI=1S/C19H20BrNO/c20-18-13-16(15-9-5-2-6-10-15)12-17(21-19(18)22)11-14-7-3-1-4-8-14/h1-10,16-18H,11-13H2,(H,21,22). The topological polar surface area (TPSA) is 29.1 Å². The maximum absolute atomic E-state index is 12.2. The van der Waals surface area contributed by atoms with Crippen molar-refractivity contribution in [2.45, 2.75) is 36.0 Å². The average Bonchev–Trinajstić information content (AvgIpc) is 2.68. The molecule has 2 aromatic carbocycles. The number of rotatable bonds is 3. The normalized spacial score (nSPS) is 25.3. The molecule has 0 aliphatic carbocycles. The molecule has 3 atom stereocenters. The van der Waals surface area contributed by atoms with Crippen molar-refractivity contribution in [2.24, 2.45) is 0 Å². The van der Waals surface area contributed by atoms with E-state index in [4.69, 9.17) is 0 Å². The number of carbonyl (C=O) groups excluding carboxylic acids is 1. The average molecular weight is 358 g/mol. The largest absolute Gasteiger partial charge is 0.352 e. The third-order valence-corrected chi connectivity index (χ3v) is 5.08. The third kappa shape index (κ3) is 3.77. The van der Waals surface area contributed by atoms with Gasteiger partial charge in [0, 0.05) is 6.04 Å². The molecule has 0 bridgehead atoms. The molecule has 1 fully saturated rings. The van der Waals surface area contributed by atoms with E-state index >= 15 is 0 Å². The van der Waals surface area contributed by atoms with Crippen molar-refractivity contribution in [3.63, 3.8) is 0 Å². The Morgan fingerprint density at radius 2 is 1.59 bits per heavy atom. The fourth-order valence-corrected chi connectivity index (χ4v) is 3.76. The van der Waals surface area contributed by atoms with Crippen LogP contribution < -0.4 is 5.32 Å². The van der Waals surface area contributed by atoms with Crippen LogP contribution in [0.5, 0.6) is 0 Å². The summed E-state index contributed by atoms with van der Waals surface area (Å²) in [6, 6.07) is 21.1. The molecule has 0 saturated carbocycles. The molecule has 114 valence electrons. The first-order valence-electron chi connectivity index (χ1n) is 7.75. The highest BCUT2D eigenvalue weighted by atomic mass is 79.9. The van der Waals surface area contributed by atoms with Gasteiger partial charge in [-0.3, -0.25) is 4.79 Å². The highest BCUT2D eigenvalue weighted by molar-refractivity contribution is 9.10. The minimum Gasteiger partial charge on any atom is -0.352 e. The highest BCUT2D eigenvalue weighted by Crippen LogP contribution is 2.32. The van der Waals surface area contributed by atoms with Crippen molar-refractivity contribution in [3.8, 4) is 0 Å². The van der Waals surface area contributed by atoms with Crippen LogP contribution in [0.3, 0.4) is 0 Å². The molecule has 2 nitrogen and oxygen atoms in total. The molecular weight excluding hydrogens is 338 g/mol. The van der Waals surface area contributed by atoms with Gasteiger partial charge in [0.2, 0.25) is 5.91 Å². The Balaban J connectivity index is 1.79. The van der Waals surface area contributed by atoms with E-state index in [1.54, 1.807) is 0 Å². The van der Waals surface area contributed by atoms with E-state index in [1.807, 2.05) is 12.1 Å². The Kier molecular flexibility index (Phi) is 4.94. The van der Waals surface area contributed by atoms with Gasteiger partial charge in [-0.2, -0.15) is 0 Å². The molecule has 1 saturated heterocycles. The number of nitrogens with one attached hydrogen (secondary N) is 1. The summed E-state index contributed by atoms with van der Waals surface area (Å²) in [5.74, 6) is 0.512. The molecule has 1 aliphatic rings. The predicted molar refractivity (Wildman–Crippen MR) is 93.2 cm³/mol. The Morgan fingerprint density at radius 1 is 0.955 bits per heavy atom. The SMILES string of the molecule is O=C1NC(Cc2ccccc2)CC(c2ccccc2)CC1Br. The maximum Gasteiger partial charge on any atom is 0.234 e.